The molecule has 27 heavy (non-hydrogen) atoms. The molecule has 3 amide bonds. The maximum atomic E-state index is 12.8. The van der Waals surface area contributed by atoms with E-state index in [0.29, 0.717) is 25.2 Å². The summed E-state index contributed by atoms with van der Waals surface area (Å²) in [7, 11) is 2.01. The van der Waals surface area contributed by atoms with E-state index in [4.69, 9.17) is 5.21 Å². The van der Waals surface area contributed by atoms with Crippen LogP contribution < -0.4 is 10.4 Å². The number of hydrogen-bond acceptors (Lipinski definition) is 3. The van der Waals surface area contributed by atoms with Crippen LogP contribution in [0.5, 0.6) is 0 Å². The van der Waals surface area contributed by atoms with Crippen molar-refractivity contribution in [2.24, 2.45) is 7.05 Å². The molecule has 0 aliphatic carbocycles. The van der Waals surface area contributed by atoms with Gasteiger partial charge in [0, 0.05) is 49.6 Å². The summed E-state index contributed by atoms with van der Waals surface area (Å²) in [5.41, 5.74) is 4.90. The lowest BCUT2D eigenvalue weighted by atomic mass is 10.1. The predicted octanol–water partition coefficient (Wildman–Crippen LogP) is 2.74. The van der Waals surface area contributed by atoms with Crippen molar-refractivity contribution >= 4 is 28.5 Å². The smallest absolute Gasteiger partial charge is 0.324 e. The molecule has 1 aromatic heterocycles. The molecular formula is C20H20N4O3. The van der Waals surface area contributed by atoms with Gasteiger partial charge in [0.05, 0.1) is 0 Å². The standard InChI is InChI=1S/C20H20N4O3/c1-22-9-8-15-3-2-14(12-18(15)22)13-23-10-11-24(20(23)26)17-6-4-16(5-7-17)19(25)21-27/h2-9,12,27H,10-11,13H2,1H3,(H,21,25). The second-order valence-electron chi connectivity index (χ2n) is 6.66. The minimum absolute atomic E-state index is 0.0543. The van der Waals surface area contributed by atoms with Gasteiger partial charge in [-0.2, -0.15) is 0 Å². The number of hydrogen-bond donors (Lipinski definition) is 2. The highest BCUT2D eigenvalue weighted by atomic mass is 16.5. The zero-order chi connectivity index (χ0) is 19.0. The van der Waals surface area contributed by atoms with Gasteiger partial charge in [-0.25, -0.2) is 10.3 Å². The number of fused-ring (bicyclic) bond motifs is 1. The molecule has 1 aliphatic rings. The van der Waals surface area contributed by atoms with Gasteiger partial charge in [0.1, 0.15) is 0 Å². The van der Waals surface area contributed by atoms with Crippen LogP contribution in [0.25, 0.3) is 10.9 Å². The van der Waals surface area contributed by atoms with Gasteiger partial charge >= 0.3 is 6.03 Å². The quantitative estimate of drug-likeness (QED) is 0.552. The Morgan fingerprint density at radius 3 is 2.63 bits per heavy atom. The highest BCUT2D eigenvalue weighted by Gasteiger charge is 2.29. The van der Waals surface area contributed by atoms with Crippen molar-refractivity contribution in [2.75, 3.05) is 18.0 Å². The molecule has 0 atom stereocenters. The molecule has 2 N–H and O–H groups in total. The fourth-order valence-electron chi connectivity index (χ4n) is 3.45. The van der Waals surface area contributed by atoms with E-state index in [1.807, 2.05) is 18.1 Å². The Morgan fingerprint density at radius 1 is 1.11 bits per heavy atom. The van der Waals surface area contributed by atoms with Gasteiger partial charge in [0.2, 0.25) is 0 Å². The Morgan fingerprint density at radius 2 is 1.89 bits per heavy atom. The summed E-state index contributed by atoms with van der Waals surface area (Å²) in [5, 5.41) is 9.87. The number of rotatable bonds is 4. The number of aryl methyl sites for hydroxylation is 1. The first-order valence-electron chi connectivity index (χ1n) is 8.72. The van der Waals surface area contributed by atoms with Crippen molar-refractivity contribution in [1.29, 1.82) is 0 Å². The maximum Gasteiger partial charge on any atom is 0.324 e. The van der Waals surface area contributed by atoms with Gasteiger partial charge in [0.15, 0.2) is 0 Å². The Labute approximate surface area is 156 Å². The van der Waals surface area contributed by atoms with Gasteiger partial charge in [-0.05, 0) is 47.3 Å². The van der Waals surface area contributed by atoms with Crippen LogP contribution in [0, 0.1) is 0 Å². The molecule has 0 unspecified atom stereocenters. The molecule has 0 saturated carbocycles. The predicted molar refractivity (Wildman–Crippen MR) is 102 cm³/mol. The number of nitrogens with one attached hydrogen (secondary N) is 1. The third kappa shape index (κ3) is 3.13. The second-order valence-corrected chi connectivity index (χ2v) is 6.66. The number of aromatic nitrogens is 1. The number of anilines is 1. The van der Waals surface area contributed by atoms with Gasteiger partial charge < -0.3 is 9.47 Å². The molecule has 138 valence electrons. The summed E-state index contributed by atoms with van der Waals surface area (Å²) in [6.45, 7) is 1.79. The van der Waals surface area contributed by atoms with Crippen LogP contribution in [-0.4, -0.2) is 39.7 Å². The summed E-state index contributed by atoms with van der Waals surface area (Å²) >= 11 is 0. The number of carbonyl (C=O) groups excluding carboxylic acids is 2. The molecule has 3 aromatic rings. The lowest BCUT2D eigenvalue weighted by molar-refractivity contribution is 0.0706. The molecule has 1 aliphatic heterocycles. The monoisotopic (exact) mass is 364 g/mol. The second kappa shape index (κ2) is 6.77. The fourth-order valence-corrected chi connectivity index (χ4v) is 3.45. The van der Waals surface area contributed by atoms with Gasteiger partial charge in [-0.3, -0.25) is 14.9 Å². The topological polar surface area (TPSA) is 77.8 Å². The van der Waals surface area contributed by atoms with Crippen molar-refractivity contribution < 1.29 is 14.8 Å². The number of nitrogens with zero attached hydrogens (tertiary/aromatic N) is 3. The minimum Gasteiger partial charge on any atom is -0.351 e. The van der Waals surface area contributed by atoms with Crippen molar-refractivity contribution in [1.82, 2.24) is 14.9 Å². The molecule has 1 fully saturated rings. The molecular weight excluding hydrogens is 344 g/mol. The zero-order valence-electron chi connectivity index (χ0n) is 14.9. The van der Waals surface area contributed by atoms with Crippen molar-refractivity contribution in [3.05, 3.63) is 65.9 Å². The average Bonchev–Trinajstić information content (AvgIpc) is 3.24. The Hall–Kier alpha value is -3.32. The zero-order valence-corrected chi connectivity index (χ0v) is 14.9. The summed E-state index contributed by atoms with van der Waals surface area (Å²) in [6.07, 6.45) is 2.03. The van der Waals surface area contributed by atoms with E-state index in [2.05, 4.69) is 28.8 Å². The van der Waals surface area contributed by atoms with Crippen molar-refractivity contribution in [3.8, 4) is 0 Å². The van der Waals surface area contributed by atoms with Crippen LogP contribution >= 0.6 is 0 Å². The molecule has 0 radical (unpaired) electrons. The number of amides is 3. The molecule has 7 nitrogen and oxygen atoms in total. The van der Waals surface area contributed by atoms with Crippen LogP contribution in [0.3, 0.4) is 0 Å². The van der Waals surface area contributed by atoms with E-state index < -0.39 is 5.91 Å². The number of carbonyl (C=O) groups is 2. The average molecular weight is 364 g/mol. The van der Waals surface area contributed by atoms with Crippen molar-refractivity contribution in [2.45, 2.75) is 6.54 Å². The van der Waals surface area contributed by atoms with Crippen LogP contribution in [0.15, 0.2) is 54.7 Å². The third-order valence-electron chi connectivity index (χ3n) is 4.96. The van der Waals surface area contributed by atoms with E-state index in [0.717, 1.165) is 16.8 Å². The highest BCUT2D eigenvalue weighted by Crippen LogP contribution is 2.23. The van der Waals surface area contributed by atoms with Crippen LogP contribution in [0.1, 0.15) is 15.9 Å². The maximum absolute atomic E-state index is 12.8. The molecule has 0 spiro atoms. The van der Waals surface area contributed by atoms with E-state index in [1.54, 1.807) is 34.6 Å². The Balaban J connectivity index is 1.49. The lowest BCUT2D eigenvalue weighted by Crippen LogP contribution is -2.31. The molecule has 1 saturated heterocycles. The Bertz CT molecular complexity index is 1010. The van der Waals surface area contributed by atoms with E-state index in [1.165, 1.54) is 5.39 Å². The fraction of sp³-hybridized carbons (Fsp3) is 0.200. The summed E-state index contributed by atoms with van der Waals surface area (Å²) < 4.78 is 2.07. The van der Waals surface area contributed by atoms with E-state index in [9.17, 15) is 9.59 Å². The largest absolute Gasteiger partial charge is 0.351 e. The normalized spacial score (nSPS) is 14.2. The van der Waals surface area contributed by atoms with Crippen LogP contribution in [-0.2, 0) is 13.6 Å². The summed E-state index contributed by atoms with van der Waals surface area (Å²) in [4.78, 5) is 27.7. The van der Waals surface area contributed by atoms with E-state index >= 15 is 0 Å². The summed E-state index contributed by atoms with van der Waals surface area (Å²) in [5.74, 6) is -0.577. The third-order valence-corrected chi connectivity index (χ3v) is 4.96. The highest BCUT2D eigenvalue weighted by molar-refractivity contribution is 5.96. The SMILES string of the molecule is Cn1ccc2ccc(CN3CCN(c4ccc(C(=O)NO)cc4)C3=O)cc21. The van der Waals surface area contributed by atoms with Gasteiger partial charge in [-0.1, -0.05) is 12.1 Å². The van der Waals surface area contributed by atoms with Gasteiger partial charge in [-0.15, -0.1) is 0 Å². The number of urea groups is 1. The summed E-state index contributed by atoms with van der Waals surface area (Å²) in [6, 6.07) is 14.9. The number of hydroxylamine groups is 1. The first-order chi connectivity index (χ1) is 13.1. The van der Waals surface area contributed by atoms with E-state index in [-0.39, 0.29) is 6.03 Å². The first kappa shape index (κ1) is 17.1. The molecule has 2 heterocycles. The molecule has 4 rings (SSSR count). The first-order valence-corrected chi connectivity index (χ1v) is 8.72. The van der Waals surface area contributed by atoms with Crippen LogP contribution in [0.4, 0.5) is 10.5 Å². The minimum atomic E-state index is -0.577. The van der Waals surface area contributed by atoms with Crippen molar-refractivity contribution in [3.63, 3.8) is 0 Å². The van der Waals surface area contributed by atoms with Crippen LogP contribution in [0.2, 0.25) is 0 Å². The Kier molecular flexibility index (Phi) is 4.29. The lowest BCUT2D eigenvalue weighted by Gasteiger charge is -2.19. The molecule has 7 heteroatoms. The molecule has 2 aromatic carbocycles. The molecule has 0 bridgehead atoms. The van der Waals surface area contributed by atoms with Gasteiger partial charge in [0.25, 0.3) is 5.91 Å². The number of benzene rings is 2.